The topological polar surface area (TPSA) is 180 Å². The third-order valence-electron chi connectivity index (χ3n) is 12.4. The van der Waals surface area contributed by atoms with Gasteiger partial charge in [-0.15, -0.1) is 5.10 Å². The zero-order valence-corrected chi connectivity index (χ0v) is 38.6. The van der Waals surface area contributed by atoms with E-state index in [-0.39, 0.29) is 17.0 Å². The minimum Gasteiger partial charge on any atom is -0.494 e. The first-order valence-electron chi connectivity index (χ1n) is 22.9. The number of unbranched alkanes of at least 4 members (excludes halogenated alkanes) is 8. The van der Waals surface area contributed by atoms with Crippen molar-refractivity contribution in [1.82, 2.24) is 29.7 Å². The number of benzene rings is 3. The van der Waals surface area contributed by atoms with Crippen molar-refractivity contribution in [2.24, 2.45) is 0 Å². The van der Waals surface area contributed by atoms with E-state index in [1.807, 2.05) is 24.3 Å². The second-order valence-corrected chi connectivity index (χ2v) is 19.0. The Bertz CT molecular complexity index is 2700. The lowest BCUT2D eigenvalue weighted by molar-refractivity contribution is -0.125. The first-order chi connectivity index (χ1) is 32.0. The fourth-order valence-electron chi connectivity index (χ4n) is 9.00. The van der Waals surface area contributed by atoms with Gasteiger partial charge in [-0.05, 0) is 80.8 Å². The van der Waals surface area contributed by atoms with E-state index in [1.54, 1.807) is 54.2 Å². The number of anilines is 4. The molecule has 2 saturated heterocycles. The monoisotopic (exact) mass is 917 g/mol. The van der Waals surface area contributed by atoms with Crippen molar-refractivity contribution in [2.45, 2.75) is 76.7 Å². The molecule has 3 amide bonds. The van der Waals surface area contributed by atoms with E-state index in [0.717, 1.165) is 91.3 Å². The average Bonchev–Trinajstić information content (AvgIpc) is 3.84. The summed E-state index contributed by atoms with van der Waals surface area (Å²) < 4.78 is 39.8. The summed E-state index contributed by atoms with van der Waals surface area (Å²) in [6.07, 6.45) is 14.1. The van der Waals surface area contributed by atoms with Gasteiger partial charge >= 0.3 is 0 Å². The van der Waals surface area contributed by atoms with Crippen molar-refractivity contribution in [3.63, 3.8) is 0 Å². The maximum atomic E-state index is 13.3. The molecule has 1 atom stereocenters. The van der Waals surface area contributed by atoms with Crippen LogP contribution in [0.3, 0.4) is 0 Å². The first-order valence-corrected chi connectivity index (χ1v) is 24.8. The molecule has 3 aromatic carbocycles. The smallest absolute Gasteiger partial charge is 0.266 e. The summed E-state index contributed by atoms with van der Waals surface area (Å²) in [4.78, 5) is 49.6. The summed E-state index contributed by atoms with van der Waals surface area (Å²) in [5.41, 5.74) is 5.87. The van der Waals surface area contributed by atoms with Crippen LogP contribution in [0.25, 0.3) is 16.8 Å². The van der Waals surface area contributed by atoms with Gasteiger partial charge in [-0.3, -0.25) is 28.9 Å². The second kappa shape index (κ2) is 20.8. The van der Waals surface area contributed by atoms with E-state index in [4.69, 9.17) is 14.6 Å². The third kappa shape index (κ3) is 11.0. The van der Waals surface area contributed by atoms with Crippen LogP contribution in [0.15, 0.2) is 91.3 Å². The van der Waals surface area contributed by atoms with Gasteiger partial charge in [0.25, 0.3) is 11.8 Å². The van der Waals surface area contributed by atoms with Crippen molar-refractivity contribution in [2.75, 3.05) is 67.6 Å². The van der Waals surface area contributed by atoms with Gasteiger partial charge in [0, 0.05) is 54.9 Å². The highest BCUT2D eigenvalue weighted by molar-refractivity contribution is 7.92. The van der Waals surface area contributed by atoms with Crippen LogP contribution in [0.1, 0.15) is 91.3 Å². The Hall–Kier alpha value is -6.46. The van der Waals surface area contributed by atoms with Crippen LogP contribution < -0.4 is 29.7 Å². The maximum absolute atomic E-state index is 13.3. The van der Waals surface area contributed by atoms with Gasteiger partial charge in [0.1, 0.15) is 17.5 Å². The van der Waals surface area contributed by atoms with Crippen LogP contribution in [0, 0.1) is 0 Å². The van der Waals surface area contributed by atoms with Gasteiger partial charge in [0.05, 0.1) is 54.2 Å². The molecule has 17 heteroatoms. The number of hydrogen-bond donors (Lipinski definition) is 3. The lowest BCUT2D eigenvalue weighted by Gasteiger charge is -2.36. The van der Waals surface area contributed by atoms with Crippen LogP contribution in [-0.2, 0) is 14.8 Å². The number of piperazine rings is 1. The molecule has 0 radical (unpaired) electrons. The number of amides is 3. The molecule has 5 heterocycles. The molecule has 2 aromatic heterocycles. The predicted octanol–water partition coefficient (Wildman–Crippen LogP) is 7.62. The van der Waals surface area contributed by atoms with Crippen molar-refractivity contribution in [1.29, 1.82) is 0 Å². The molecule has 0 aliphatic carbocycles. The van der Waals surface area contributed by atoms with E-state index in [1.165, 1.54) is 38.5 Å². The van der Waals surface area contributed by atoms with E-state index >= 15 is 0 Å². The van der Waals surface area contributed by atoms with E-state index in [9.17, 15) is 22.8 Å². The Morgan fingerprint density at radius 3 is 2.32 bits per heavy atom. The summed E-state index contributed by atoms with van der Waals surface area (Å²) >= 11 is 0. The minimum atomic E-state index is -3.41. The lowest BCUT2D eigenvalue weighted by atomic mass is 10.0. The molecule has 2 fully saturated rings. The summed E-state index contributed by atoms with van der Waals surface area (Å²) in [5.74, 6) is 0.193. The molecule has 0 saturated carbocycles. The summed E-state index contributed by atoms with van der Waals surface area (Å²) in [7, 11) is -1.75. The first kappa shape index (κ1) is 46.1. The molecule has 16 nitrogen and oxygen atoms in total. The number of hydrogen-bond acceptors (Lipinski definition) is 12. The average molecular weight is 918 g/mol. The predicted molar refractivity (Wildman–Crippen MR) is 256 cm³/mol. The number of aromatic nitrogens is 3. The summed E-state index contributed by atoms with van der Waals surface area (Å²) in [6, 6.07) is 21.4. The van der Waals surface area contributed by atoms with E-state index in [2.05, 4.69) is 48.9 Å². The molecule has 0 bridgehead atoms. The number of rotatable bonds is 21. The molecule has 66 heavy (non-hydrogen) atoms. The number of sulfonamides is 1. The van der Waals surface area contributed by atoms with Crippen molar-refractivity contribution >= 4 is 56.3 Å². The summed E-state index contributed by atoms with van der Waals surface area (Å²) in [5, 5.41) is 10.8. The van der Waals surface area contributed by atoms with Crippen molar-refractivity contribution < 1.29 is 32.3 Å². The molecule has 3 N–H and O–H groups in total. The van der Waals surface area contributed by atoms with Crippen molar-refractivity contribution in [3.05, 3.63) is 102 Å². The van der Waals surface area contributed by atoms with Gasteiger partial charge in [-0.1, -0.05) is 69.7 Å². The van der Waals surface area contributed by atoms with Gasteiger partial charge in [-0.2, -0.15) is 0 Å². The minimum absolute atomic E-state index is 0.255. The Balaban J connectivity index is 0.702. The zero-order valence-electron chi connectivity index (χ0n) is 37.8. The maximum Gasteiger partial charge on any atom is 0.266 e. The standard InChI is InChI=1S/C49H59N9O7S/c1-34-19-23-42(46(59)51-34)57-47(60)39-17-14-18-43(45(39)48(57)61)65-30-12-10-8-6-4-5-7-9-11-25-55-26-28-56(29-27-55)37-20-22-40(44(32-37)64-2)52-49-50-33-38-21-24-41(58(38)53-49)35-15-13-16-36(31-35)54-66(3,62)63/h13-18,20-22,24,31-33,42,54H,1,4-12,19,23,25-30H2,2-3H3,(H,51,59)(H,52,53). The van der Waals surface area contributed by atoms with Crippen LogP contribution in [-0.4, -0.2) is 109 Å². The molecule has 3 aliphatic rings. The molecule has 3 aliphatic heterocycles. The lowest BCUT2D eigenvalue weighted by Crippen LogP contribution is -2.51. The highest BCUT2D eigenvalue weighted by Crippen LogP contribution is 2.35. The normalized spacial score (nSPS) is 16.7. The molecule has 1 unspecified atom stereocenters. The zero-order chi connectivity index (χ0) is 46.2. The van der Waals surface area contributed by atoms with E-state index < -0.39 is 27.9 Å². The Labute approximate surface area is 386 Å². The molecule has 0 spiro atoms. The van der Waals surface area contributed by atoms with Crippen LogP contribution in [0.5, 0.6) is 11.5 Å². The highest BCUT2D eigenvalue weighted by Gasteiger charge is 2.45. The van der Waals surface area contributed by atoms with Crippen molar-refractivity contribution in [3.8, 4) is 22.8 Å². The third-order valence-corrected chi connectivity index (χ3v) is 13.1. The van der Waals surface area contributed by atoms with Crippen LogP contribution in [0.4, 0.5) is 23.0 Å². The number of carbonyl (C=O) groups excluding carboxylic acids is 3. The SMILES string of the molecule is C=C1CCC(N2C(=O)c3cccc(OCCCCCCCCCCCN4CCN(c5ccc(Nc6ncc7ccc(-c8cccc(NS(C)(=O)=O)c8)n7n6)c(OC)c5)CC4)c3C2=O)C(=O)N1. The fraction of sp³-hybridized carbons (Fsp3) is 0.408. The number of allylic oxidation sites excluding steroid dienone is 1. The number of ether oxygens (including phenoxy) is 2. The van der Waals surface area contributed by atoms with Crippen LogP contribution >= 0.6 is 0 Å². The second-order valence-electron chi connectivity index (χ2n) is 17.3. The van der Waals surface area contributed by atoms with Crippen LogP contribution in [0.2, 0.25) is 0 Å². The highest BCUT2D eigenvalue weighted by atomic mass is 32.2. The van der Waals surface area contributed by atoms with E-state index in [0.29, 0.717) is 48.3 Å². The Kier molecular flexibility index (Phi) is 14.5. The Morgan fingerprint density at radius 2 is 1.58 bits per heavy atom. The molecular weight excluding hydrogens is 859 g/mol. The Morgan fingerprint density at radius 1 is 0.833 bits per heavy atom. The molecular formula is C49H59N9O7S. The molecule has 5 aromatic rings. The quantitative estimate of drug-likeness (QED) is 0.0485. The van der Waals surface area contributed by atoms with Gasteiger partial charge in [-0.25, -0.2) is 17.9 Å². The largest absolute Gasteiger partial charge is 0.494 e. The van der Waals surface area contributed by atoms with Gasteiger partial charge in [0.15, 0.2) is 0 Å². The molecule has 8 rings (SSSR count). The number of piperidine rings is 1. The summed E-state index contributed by atoms with van der Waals surface area (Å²) in [6.45, 7) is 9.29. The van der Waals surface area contributed by atoms with Gasteiger partial charge in [0.2, 0.25) is 21.9 Å². The number of imide groups is 1. The number of carbonyl (C=O) groups is 3. The van der Waals surface area contributed by atoms with Gasteiger partial charge < -0.3 is 25.0 Å². The number of methoxy groups -OCH3 is 1. The molecule has 348 valence electrons. The number of fused-ring (bicyclic) bond motifs is 2. The fourth-order valence-corrected chi connectivity index (χ4v) is 9.56. The number of nitrogens with one attached hydrogen (secondary N) is 3. The number of nitrogens with zero attached hydrogens (tertiary/aromatic N) is 6.